The lowest BCUT2D eigenvalue weighted by atomic mass is 9.75. The summed E-state index contributed by atoms with van der Waals surface area (Å²) < 4.78 is 6.38. The van der Waals surface area contributed by atoms with Crippen LogP contribution in [-0.4, -0.2) is 75.2 Å². The van der Waals surface area contributed by atoms with Crippen molar-refractivity contribution in [3.8, 4) is 5.88 Å². The number of aromatic nitrogens is 4. The second-order valence-electron chi connectivity index (χ2n) is 13.7. The second-order valence-corrected chi connectivity index (χ2v) is 15.8. The number of fused-ring (bicyclic) bond motifs is 6. The van der Waals surface area contributed by atoms with E-state index in [-0.39, 0.29) is 18.5 Å². The summed E-state index contributed by atoms with van der Waals surface area (Å²) in [5.41, 5.74) is 9.46. The molecule has 8 rings (SSSR count). The first-order chi connectivity index (χ1) is 21.9. The van der Waals surface area contributed by atoms with Crippen LogP contribution in [0, 0.1) is 11.8 Å². The van der Waals surface area contributed by atoms with Crippen LogP contribution in [-0.2, 0) is 24.1 Å². The molecule has 4 atom stereocenters. The van der Waals surface area contributed by atoms with Crippen LogP contribution in [0.5, 0.6) is 5.88 Å². The van der Waals surface area contributed by atoms with Gasteiger partial charge in [0.15, 0.2) is 0 Å². The lowest BCUT2D eigenvalue weighted by molar-refractivity contribution is -0.136. The minimum Gasteiger partial charge on any atom is -0.480 e. The molecule has 0 spiro atoms. The van der Waals surface area contributed by atoms with Crippen molar-refractivity contribution in [3.63, 3.8) is 0 Å². The van der Waals surface area contributed by atoms with Gasteiger partial charge in [0.05, 0.1) is 23.9 Å². The Morgan fingerprint density at radius 1 is 1.07 bits per heavy atom. The number of hydrogen-bond donors (Lipinski definition) is 3. The van der Waals surface area contributed by atoms with Crippen LogP contribution in [0.15, 0.2) is 6.33 Å². The van der Waals surface area contributed by atoms with Crippen LogP contribution in [0.3, 0.4) is 0 Å². The summed E-state index contributed by atoms with van der Waals surface area (Å²) in [5, 5.41) is 14.5. The number of likely N-dealkylation sites (tertiary alicyclic amines) is 1. The van der Waals surface area contributed by atoms with Crippen molar-refractivity contribution in [1.29, 1.82) is 0 Å². The standard InChI is InChI=1S/C33H41N7O3S2/c1-40-9-7-17(8-10-40)15-43-31-27-22-12-19(13-24(22)45-32(27)37-16-36-31)30-38-29(34)28-26-21(5-6-23(26)44-33(28)39-30)18-3-2-4-20(11-18)35-14-25(41)42/h16-21,35H,2-15H2,1H3,(H,41,42)(H2,34,38,39)/t18?,19?,20-,21?/m0/s1. The summed E-state index contributed by atoms with van der Waals surface area (Å²) in [7, 11) is 2.19. The molecule has 1 saturated carbocycles. The Morgan fingerprint density at radius 2 is 1.91 bits per heavy atom. The van der Waals surface area contributed by atoms with Gasteiger partial charge in [0, 0.05) is 21.7 Å². The molecular formula is C33H41N7O3S2. The second kappa shape index (κ2) is 12.0. The predicted molar refractivity (Wildman–Crippen MR) is 178 cm³/mol. The monoisotopic (exact) mass is 647 g/mol. The zero-order valence-electron chi connectivity index (χ0n) is 25.8. The number of aliphatic carboxylic acids is 1. The number of nitrogens with zero attached hydrogens (tertiary/aromatic N) is 5. The van der Waals surface area contributed by atoms with Crippen molar-refractivity contribution in [2.45, 2.75) is 82.1 Å². The maximum atomic E-state index is 11.1. The van der Waals surface area contributed by atoms with Gasteiger partial charge in [-0.2, -0.15) is 0 Å². The van der Waals surface area contributed by atoms with Gasteiger partial charge in [0.25, 0.3) is 0 Å². The summed E-state index contributed by atoms with van der Waals surface area (Å²) >= 11 is 3.55. The van der Waals surface area contributed by atoms with Gasteiger partial charge in [0.1, 0.15) is 27.6 Å². The van der Waals surface area contributed by atoms with E-state index in [9.17, 15) is 4.79 Å². The average Bonchev–Trinajstić information content (AvgIpc) is 3.79. The van der Waals surface area contributed by atoms with Gasteiger partial charge in [-0.1, -0.05) is 6.42 Å². The molecule has 4 N–H and O–H groups in total. The summed E-state index contributed by atoms with van der Waals surface area (Å²) in [6.07, 6.45) is 12.2. The Kier molecular flexibility index (Phi) is 7.87. The van der Waals surface area contributed by atoms with Crippen molar-refractivity contribution >= 4 is 54.9 Å². The Labute approximate surface area is 270 Å². The lowest BCUT2D eigenvalue weighted by Crippen LogP contribution is -2.38. The van der Waals surface area contributed by atoms with Crippen LogP contribution < -0.4 is 15.8 Å². The highest BCUT2D eigenvalue weighted by atomic mass is 32.1. The number of aryl methyl sites for hydroxylation is 1. The molecule has 2 fully saturated rings. The molecule has 12 heteroatoms. The summed E-state index contributed by atoms with van der Waals surface area (Å²) in [6, 6.07) is 0.263. The molecule has 4 aromatic rings. The number of carboxylic acids is 1. The van der Waals surface area contributed by atoms with E-state index in [1.54, 1.807) is 29.0 Å². The SMILES string of the molecule is CN1CCC(COc2ncnc3sc4c(c23)CC(c2nc(N)c3c5c(sc3n2)CCC5C2CCC[C@H](NCC(=O)O)C2)C4)CC1. The highest BCUT2D eigenvalue weighted by Gasteiger charge is 2.38. The number of thiophene rings is 2. The average molecular weight is 648 g/mol. The van der Waals surface area contributed by atoms with E-state index in [1.165, 1.54) is 27.3 Å². The normalized spacial score (nSPS) is 25.6. The minimum atomic E-state index is -0.791. The number of anilines is 1. The molecule has 3 aliphatic carbocycles. The molecule has 4 aliphatic rings. The fraction of sp³-hybridized carbons (Fsp3) is 0.606. The molecule has 4 aromatic heterocycles. The third kappa shape index (κ3) is 5.57. The molecule has 0 radical (unpaired) electrons. The van der Waals surface area contributed by atoms with Crippen molar-refractivity contribution in [3.05, 3.63) is 33.0 Å². The topological polar surface area (TPSA) is 139 Å². The van der Waals surface area contributed by atoms with E-state index in [2.05, 4.69) is 27.2 Å². The zero-order valence-corrected chi connectivity index (χ0v) is 27.4. The number of piperidine rings is 1. The summed E-state index contributed by atoms with van der Waals surface area (Å²) in [6.45, 7) is 2.98. The number of carboxylic acid groups (broad SMARTS) is 1. The van der Waals surface area contributed by atoms with E-state index in [0.717, 1.165) is 103 Å². The van der Waals surface area contributed by atoms with Gasteiger partial charge in [-0.25, -0.2) is 19.9 Å². The summed E-state index contributed by atoms with van der Waals surface area (Å²) in [5.74, 6) is 3.09. The van der Waals surface area contributed by atoms with Gasteiger partial charge >= 0.3 is 5.97 Å². The number of nitrogens with two attached hydrogens (primary N) is 1. The first-order valence-corrected chi connectivity index (χ1v) is 18.1. The quantitative estimate of drug-likeness (QED) is 0.235. The van der Waals surface area contributed by atoms with Crippen LogP contribution in [0.4, 0.5) is 5.82 Å². The molecular weight excluding hydrogens is 607 g/mol. The highest BCUT2D eigenvalue weighted by molar-refractivity contribution is 7.19. The lowest BCUT2D eigenvalue weighted by Gasteiger charge is -2.33. The smallest absolute Gasteiger partial charge is 0.317 e. The molecule has 3 unspecified atom stereocenters. The number of carbonyl (C=O) groups is 1. The third-order valence-corrected chi connectivity index (χ3v) is 13.1. The summed E-state index contributed by atoms with van der Waals surface area (Å²) in [4.78, 5) is 37.6. The van der Waals surface area contributed by atoms with E-state index in [1.807, 2.05) is 0 Å². The van der Waals surface area contributed by atoms with Gasteiger partial charge < -0.3 is 25.8 Å². The predicted octanol–water partition coefficient (Wildman–Crippen LogP) is 5.14. The van der Waals surface area contributed by atoms with E-state index in [0.29, 0.717) is 30.2 Å². The van der Waals surface area contributed by atoms with Crippen molar-refractivity contribution in [1.82, 2.24) is 30.2 Å². The number of nitrogens with one attached hydrogen (secondary N) is 1. The molecule has 1 saturated heterocycles. The molecule has 0 amide bonds. The Morgan fingerprint density at radius 3 is 2.76 bits per heavy atom. The van der Waals surface area contributed by atoms with Crippen molar-refractivity contribution in [2.24, 2.45) is 11.8 Å². The first kappa shape index (κ1) is 29.5. The Hall–Kier alpha value is -2.93. The Balaban J connectivity index is 1.02. The molecule has 0 bridgehead atoms. The number of nitrogen functional groups attached to an aromatic ring is 1. The Bertz CT molecular complexity index is 1750. The number of hydrogen-bond acceptors (Lipinski definition) is 11. The number of ether oxygens (including phenoxy) is 1. The zero-order chi connectivity index (χ0) is 30.7. The van der Waals surface area contributed by atoms with Gasteiger partial charge in [-0.05, 0) is 107 Å². The molecule has 0 aromatic carbocycles. The van der Waals surface area contributed by atoms with E-state index >= 15 is 0 Å². The van der Waals surface area contributed by atoms with E-state index in [4.69, 9.17) is 25.5 Å². The van der Waals surface area contributed by atoms with Crippen LogP contribution >= 0.6 is 22.7 Å². The highest BCUT2D eigenvalue weighted by Crippen LogP contribution is 2.51. The molecule has 1 aliphatic heterocycles. The van der Waals surface area contributed by atoms with Gasteiger partial charge in [-0.15, -0.1) is 22.7 Å². The minimum absolute atomic E-state index is 0.0294. The van der Waals surface area contributed by atoms with Crippen molar-refractivity contribution in [2.75, 3.05) is 39.0 Å². The van der Waals surface area contributed by atoms with Crippen LogP contribution in [0.1, 0.15) is 83.5 Å². The maximum Gasteiger partial charge on any atom is 0.317 e. The van der Waals surface area contributed by atoms with E-state index < -0.39 is 5.97 Å². The van der Waals surface area contributed by atoms with Crippen LogP contribution in [0.2, 0.25) is 0 Å². The fourth-order valence-electron chi connectivity index (χ4n) is 8.43. The molecule has 5 heterocycles. The van der Waals surface area contributed by atoms with Crippen molar-refractivity contribution < 1.29 is 14.6 Å². The van der Waals surface area contributed by atoms with Crippen LogP contribution in [0.25, 0.3) is 20.4 Å². The molecule has 45 heavy (non-hydrogen) atoms. The maximum absolute atomic E-state index is 11.1. The third-order valence-electron chi connectivity index (χ3n) is 10.8. The fourth-order valence-corrected chi connectivity index (χ4v) is 10.9. The largest absolute Gasteiger partial charge is 0.480 e. The first-order valence-electron chi connectivity index (χ1n) is 16.5. The number of rotatable bonds is 8. The van der Waals surface area contributed by atoms with Gasteiger partial charge in [0.2, 0.25) is 5.88 Å². The molecule has 238 valence electrons. The molecule has 10 nitrogen and oxygen atoms in total. The van der Waals surface area contributed by atoms with Gasteiger partial charge in [-0.3, -0.25) is 4.79 Å².